The van der Waals surface area contributed by atoms with Crippen molar-refractivity contribution >= 4 is 17.1 Å². The van der Waals surface area contributed by atoms with E-state index in [-0.39, 0.29) is 5.82 Å². The van der Waals surface area contributed by atoms with Gasteiger partial charge in [0, 0.05) is 12.2 Å². The summed E-state index contributed by atoms with van der Waals surface area (Å²) in [5, 5.41) is 6.94. The molecule has 0 saturated carbocycles. The lowest BCUT2D eigenvalue weighted by molar-refractivity contribution is 0.476. The van der Waals surface area contributed by atoms with Crippen molar-refractivity contribution in [1.29, 1.82) is 0 Å². The average Bonchev–Trinajstić information content (AvgIpc) is 2.95. The second-order valence-corrected chi connectivity index (χ2v) is 6.16. The van der Waals surface area contributed by atoms with Crippen LogP contribution in [-0.2, 0) is 6.54 Å². The molecule has 4 rings (SSSR count). The van der Waals surface area contributed by atoms with Gasteiger partial charge in [0.1, 0.15) is 11.3 Å². The molecule has 0 atom stereocenters. The number of fused-ring (bicyclic) bond motifs is 1. The van der Waals surface area contributed by atoms with E-state index in [4.69, 9.17) is 4.98 Å². The summed E-state index contributed by atoms with van der Waals surface area (Å²) in [7, 11) is 0. The molecule has 1 fully saturated rings. The summed E-state index contributed by atoms with van der Waals surface area (Å²) >= 11 is 0. The van der Waals surface area contributed by atoms with Crippen molar-refractivity contribution in [3.63, 3.8) is 0 Å². The predicted molar refractivity (Wildman–Crippen MR) is 92.5 cm³/mol. The minimum absolute atomic E-state index is 0.222. The molecule has 6 heteroatoms. The Morgan fingerprint density at radius 3 is 2.75 bits per heavy atom. The summed E-state index contributed by atoms with van der Waals surface area (Å²) in [6.07, 6.45) is 3.93. The highest BCUT2D eigenvalue weighted by Crippen LogP contribution is 2.21. The lowest BCUT2D eigenvalue weighted by atomic mass is 10.1. The molecule has 2 N–H and O–H groups in total. The number of rotatable bonds is 4. The van der Waals surface area contributed by atoms with Gasteiger partial charge < -0.3 is 10.6 Å². The maximum Gasteiger partial charge on any atom is 0.205 e. The quantitative estimate of drug-likeness (QED) is 0.774. The van der Waals surface area contributed by atoms with E-state index in [1.54, 1.807) is 18.3 Å². The molecule has 1 aromatic carbocycles. The zero-order valence-corrected chi connectivity index (χ0v) is 13.4. The minimum Gasteiger partial charge on any atom is -0.353 e. The van der Waals surface area contributed by atoms with Gasteiger partial charge in [-0.15, -0.1) is 0 Å². The Labute approximate surface area is 139 Å². The molecule has 0 aliphatic carbocycles. The van der Waals surface area contributed by atoms with E-state index in [1.807, 2.05) is 12.1 Å². The fraction of sp³-hybridized carbons (Fsp3) is 0.333. The first-order chi connectivity index (χ1) is 11.8. The summed E-state index contributed by atoms with van der Waals surface area (Å²) in [6, 6.07) is 10.9. The zero-order valence-electron chi connectivity index (χ0n) is 13.4. The van der Waals surface area contributed by atoms with Crippen LogP contribution in [0.25, 0.3) is 11.2 Å². The topological polar surface area (TPSA) is 54.8 Å². The summed E-state index contributed by atoms with van der Waals surface area (Å²) in [5.41, 5.74) is 2.74. The average molecular weight is 325 g/mol. The lowest BCUT2D eigenvalue weighted by Crippen LogP contribution is -2.36. The maximum atomic E-state index is 13.2. The summed E-state index contributed by atoms with van der Waals surface area (Å²) in [6.45, 7) is 2.66. The number of benzene rings is 1. The number of halogens is 1. The highest BCUT2D eigenvalue weighted by molar-refractivity contribution is 5.74. The molecule has 5 nitrogen and oxygen atoms in total. The number of nitrogens with zero attached hydrogens (tertiary/aromatic N) is 3. The van der Waals surface area contributed by atoms with Crippen LogP contribution >= 0.6 is 0 Å². The van der Waals surface area contributed by atoms with Gasteiger partial charge >= 0.3 is 0 Å². The van der Waals surface area contributed by atoms with E-state index in [2.05, 4.69) is 20.2 Å². The third-order valence-electron chi connectivity index (χ3n) is 4.43. The van der Waals surface area contributed by atoms with Crippen molar-refractivity contribution in [3.05, 3.63) is 54.0 Å². The lowest BCUT2D eigenvalue weighted by Gasteiger charge is -2.24. The van der Waals surface area contributed by atoms with Crippen molar-refractivity contribution in [1.82, 2.24) is 19.9 Å². The van der Waals surface area contributed by atoms with Gasteiger partial charge in [-0.1, -0.05) is 12.1 Å². The summed E-state index contributed by atoms with van der Waals surface area (Å²) in [4.78, 5) is 9.20. The number of aromatic nitrogens is 3. The van der Waals surface area contributed by atoms with E-state index in [9.17, 15) is 4.39 Å². The molecule has 0 bridgehead atoms. The Bertz CT molecular complexity index is 821. The summed E-state index contributed by atoms with van der Waals surface area (Å²) in [5.74, 6) is 0.611. The second kappa shape index (κ2) is 6.57. The molecule has 2 aromatic heterocycles. The predicted octanol–water partition coefficient (Wildman–Crippen LogP) is 2.78. The fourth-order valence-electron chi connectivity index (χ4n) is 3.14. The Hall–Kier alpha value is -2.47. The normalized spacial score (nSPS) is 15.7. The monoisotopic (exact) mass is 325 g/mol. The first kappa shape index (κ1) is 15.1. The third kappa shape index (κ3) is 3.10. The second-order valence-electron chi connectivity index (χ2n) is 6.16. The van der Waals surface area contributed by atoms with E-state index < -0.39 is 0 Å². The molecule has 1 aliphatic heterocycles. The van der Waals surface area contributed by atoms with Crippen molar-refractivity contribution in [2.75, 3.05) is 18.4 Å². The zero-order chi connectivity index (χ0) is 16.4. The van der Waals surface area contributed by atoms with Gasteiger partial charge in [-0.3, -0.25) is 4.57 Å². The van der Waals surface area contributed by atoms with E-state index in [0.717, 1.165) is 48.6 Å². The molecule has 0 spiro atoms. The van der Waals surface area contributed by atoms with Crippen LogP contribution in [0.5, 0.6) is 0 Å². The van der Waals surface area contributed by atoms with Crippen LogP contribution in [0.4, 0.5) is 10.3 Å². The molecule has 3 aromatic rings. The highest BCUT2D eigenvalue weighted by atomic mass is 19.1. The van der Waals surface area contributed by atoms with Crippen LogP contribution in [0.2, 0.25) is 0 Å². The standard InChI is InChI=1S/C18H20FN5/c19-14-5-3-13(4-6-14)12-24-17-16(2-1-9-21-17)23-18(24)22-15-7-10-20-11-8-15/h1-6,9,15,20H,7-8,10-12H2,(H,22,23). The molecule has 1 aliphatic rings. The number of hydrogen-bond acceptors (Lipinski definition) is 4. The third-order valence-corrected chi connectivity index (χ3v) is 4.43. The molecule has 24 heavy (non-hydrogen) atoms. The Morgan fingerprint density at radius 2 is 1.96 bits per heavy atom. The molecule has 0 radical (unpaired) electrons. The molecule has 3 heterocycles. The molecular weight excluding hydrogens is 305 g/mol. The number of anilines is 1. The van der Waals surface area contributed by atoms with Crippen LogP contribution < -0.4 is 10.6 Å². The van der Waals surface area contributed by atoms with Gasteiger partial charge in [-0.25, -0.2) is 14.4 Å². The Kier molecular flexibility index (Phi) is 4.13. The Morgan fingerprint density at radius 1 is 1.17 bits per heavy atom. The van der Waals surface area contributed by atoms with E-state index in [0.29, 0.717) is 12.6 Å². The van der Waals surface area contributed by atoms with Crippen molar-refractivity contribution in [3.8, 4) is 0 Å². The van der Waals surface area contributed by atoms with Crippen LogP contribution in [0, 0.1) is 5.82 Å². The summed E-state index contributed by atoms with van der Waals surface area (Å²) < 4.78 is 15.2. The number of nitrogens with one attached hydrogen (secondary N) is 2. The van der Waals surface area contributed by atoms with Crippen molar-refractivity contribution in [2.24, 2.45) is 0 Å². The minimum atomic E-state index is -0.222. The first-order valence-corrected chi connectivity index (χ1v) is 8.32. The first-order valence-electron chi connectivity index (χ1n) is 8.32. The fourth-order valence-corrected chi connectivity index (χ4v) is 3.14. The van der Waals surface area contributed by atoms with Crippen LogP contribution in [0.15, 0.2) is 42.6 Å². The van der Waals surface area contributed by atoms with Crippen molar-refractivity contribution in [2.45, 2.75) is 25.4 Å². The number of hydrogen-bond donors (Lipinski definition) is 2. The largest absolute Gasteiger partial charge is 0.353 e. The van der Waals surface area contributed by atoms with E-state index >= 15 is 0 Å². The van der Waals surface area contributed by atoms with Gasteiger partial charge in [0.25, 0.3) is 0 Å². The highest BCUT2D eigenvalue weighted by Gasteiger charge is 2.18. The molecule has 0 unspecified atom stereocenters. The van der Waals surface area contributed by atoms with Gasteiger partial charge in [0.2, 0.25) is 5.95 Å². The van der Waals surface area contributed by atoms with Crippen LogP contribution in [-0.4, -0.2) is 33.7 Å². The Balaban J connectivity index is 1.68. The number of piperidine rings is 1. The molecule has 124 valence electrons. The van der Waals surface area contributed by atoms with Gasteiger partial charge in [0.15, 0.2) is 5.65 Å². The van der Waals surface area contributed by atoms with E-state index in [1.165, 1.54) is 12.1 Å². The van der Waals surface area contributed by atoms with Crippen LogP contribution in [0.1, 0.15) is 18.4 Å². The van der Waals surface area contributed by atoms with Crippen LogP contribution in [0.3, 0.4) is 0 Å². The molecule has 0 amide bonds. The number of pyridine rings is 1. The number of imidazole rings is 1. The van der Waals surface area contributed by atoms with Crippen molar-refractivity contribution < 1.29 is 4.39 Å². The van der Waals surface area contributed by atoms with Gasteiger partial charge in [-0.2, -0.15) is 0 Å². The van der Waals surface area contributed by atoms with Gasteiger partial charge in [-0.05, 0) is 55.8 Å². The SMILES string of the molecule is Fc1ccc(Cn2c(NC3CCNCC3)nc3cccnc32)cc1. The molecular formula is C18H20FN5. The smallest absolute Gasteiger partial charge is 0.205 e. The molecule has 1 saturated heterocycles. The maximum absolute atomic E-state index is 13.2. The van der Waals surface area contributed by atoms with Gasteiger partial charge in [0.05, 0.1) is 6.54 Å².